The Balaban J connectivity index is 2.65. The Hall–Kier alpha value is -1.40. The standard InChI is InChI=1S/C8H13N3O3/c1-2-11(14)7(8(12)13)3-6-4-9-5-10-6/h4-5,7,14H,2-3H2,1H3,(H,9,10)(H,12,13)/t7-/m0/s1. The molecule has 3 N–H and O–H groups in total. The number of aliphatic carboxylic acids is 1. The number of hydrogen-bond acceptors (Lipinski definition) is 4. The van der Waals surface area contributed by atoms with E-state index in [1.807, 2.05) is 0 Å². The largest absolute Gasteiger partial charge is 0.480 e. The summed E-state index contributed by atoms with van der Waals surface area (Å²) < 4.78 is 0. The van der Waals surface area contributed by atoms with Crippen LogP contribution in [0, 0.1) is 0 Å². The highest BCUT2D eigenvalue weighted by atomic mass is 16.5. The third-order valence-electron chi connectivity index (χ3n) is 1.94. The number of hydroxylamine groups is 2. The van der Waals surface area contributed by atoms with Crippen LogP contribution < -0.4 is 0 Å². The van der Waals surface area contributed by atoms with E-state index in [-0.39, 0.29) is 13.0 Å². The summed E-state index contributed by atoms with van der Waals surface area (Å²) in [7, 11) is 0. The molecule has 0 saturated carbocycles. The number of imidazole rings is 1. The third kappa shape index (κ3) is 2.54. The number of carboxylic acid groups (broad SMARTS) is 1. The predicted octanol–water partition coefficient (Wildman–Crippen LogP) is 0.116. The van der Waals surface area contributed by atoms with Gasteiger partial charge < -0.3 is 15.3 Å². The summed E-state index contributed by atoms with van der Waals surface area (Å²) in [5.74, 6) is -1.05. The van der Waals surface area contributed by atoms with Crippen LogP contribution in [0.5, 0.6) is 0 Å². The van der Waals surface area contributed by atoms with Crippen LogP contribution in [0.1, 0.15) is 12.6 Å². The van der Waals surface area contributed by atoms with Crippen molar-refractivity contribution >= 4 is 5.97 Å². The van der Waals surface area contributed by atoms with E-state index in [2.05, 4.69) is 9.97 Å². The van der Waals surface area contributed by atoms with Gasteiger partial charge in [-0.15, -0.1) is 0 Å². The summed E-state index contributed by atoms with van der Waals surface area (Å²) >= 11 is 0. The van der Waals surface area contributed by atoms with Crippen LogP contribution in [0.25, 0.3) is 0 Å². The van der Waals surface area contributed by atoms with Crippen LogP contribution in [0.3, 0.4) is 0 Å². The van der Waals surface area contributed by atoms with Crippen LogP contribution in [0.4, 0.5) is 0 Å². The Labute approximate surface area is 81.1 Å². The molecular weight excluding hydrogens is 186 g/mol. The first-order chi connectivity index (χ1) is 6.65. The van der Waals surface area contributed by atoms with Gasteiger partial charge in [0.25, 0.3) is 0 Å². The van der Waals surface area contributed by atoms with E-state index < -0.39 is 12.0 Å². The Kier molecular flexibility index (Phi) is 3.61. The van der Waals surface area contributed by atoms with Crippen molar-refractivity contribution in [1.82, 2.24) is 15.0 Å². The molecule has 0 amide bonds. The van der Waals surface area contributed by atoms with Gasteiger partial charge >= 0.3 is 5.97 Å². The molecule has 0 radical (unpaired) electrons. The zero-order valence-corrected chi connectivity index (χ0v) is 7.84. The van der Waals surface area contributed by atoms with Crippen molar-refractivity contribution in [2.24, 2.45) is 0 Å². The number of nitrogens with one attached hydrogen (secondary N) is 1. The minimum atomic E-state index is -1.05. The lowest BCUT2D eigenvalue weighted by Gasteiger charge is -2.20. The molecule has 0 aliphatic heterocycles. The minimum Gasteiger partial charge on any atom is -0.480 e. The van der Waals surface area contributed by atoms with Crippen molar-refractivity contribution in [2.75, 3.05) is 6.54 Å². The molecule has 0 bridgehead atoms. The molecule has 0 aliphatic carbocycles. The van der Waals surface area contributed by atoms with Gasteiger partial charge in [-0.25, -0.2) is 4.98 Å². The number of H-pyrrole nitrogens is 1. The number of hydrogen-bond donors (Lipinski definition) is 3. The fraction of sp³-hybridized carbons (Fsp3) is 0.500. The number of carbonyl (C=O) groups is 1. The molecule has 78 valence electrons. The summed E-state index contributed by atoms with van der Waals surface area (Å²) in [6.07, 6.45) is 3.22. The van der Waals surface area contributed by atoms with Crippen molar-refractivity contribution in [1.29, 1.82) is 0 Å². The van der Waals surface area contributed by atoms with Crippen LogP contribution in [0.15, 0.2) is 12.5 Å². The van der Waals surface area contributed by atoms with E-state index in [4.69, 9.17) is 5.11 Å². The fourth-order valence-corrected chi connectivity index (χ4v) is 1.15. The molecule has 0 aromatic carbocycles. The van der Waals surface area contributed by atoms with Gasteiger partial charge in [0.05, 0.1) is 6.33 Å². The first-order valence-electron chi connectivity index (χ1n) is 4.30. The highest BCUT2D eigenvalue weighted by molar-refractivity contribution is 5.73. The number of rotatable bonds is 5. The molecule has 0 fully saturated rings. The van der Waals surface area contributed by atoms with Gasteiger partial charge in [-0.05, 0) is 0 Å². The van der Waals surface area contributed by atoms with Gasteiger partial charge in [0.15, 0.2) is 0 Å². The summed E-state index contributed by atoms with van der Waals surface area (Å²) in [4.78, 5) is 17.4. The Bertz CT molecular complexity index is 286. The van der Waals surface area contributed by atoms with Crippen LogP contribution in [-0.2, 0) is 11.2 Å². The second-order valence-electron chi connectivity index (χ2n) is 2.89. The zero-order valence-electron chi connectivity index (χ0n) is 7.84. The topological polar surface area (TPSA) is 89.5 Å². The van der Waals surface area contributed by atoms with Crippen molar-refractivity contribution < 1.29 is 15.1 Å². The van der Waals surface area contributed by atoms with Gasteiger partial charge in [-0.1, -0.05) is 6.92 Å². The first kappa shape index (κ1) is 10.7. The maximum absolute atomic E-state index is 10.8. The number of carboxylic acids is 1. The molecule has 6 heteroatoms. The van der Waals surface area contributed by atoms with Gasteiger partial charge in [0.1, 0.15) is 6.04 Å². The molecule has 1 atom stereocenters. The number of likely N-dealkylation sites (N-methyl/N-ethyl adjacent to an activating group) is 1. The van der Waals surface area contributed by atoms with E-state index in [0.29, 0.717) is 5.69 Å². The molecule has 6 nitrogen and oxygen atoms in total. The Morgan fingerprint density at radius 1 is 1.79 bits per heavy atom. The molecule has 0 aliphatic rings. The van der Waals surface area contributed by atoms with Crippen molar-refractivity contribution in [3.8, 4) is 0 Å². The second-order valence-corrected chi connectivity index (χ2v) is 2.89. The minimum absolute atomic E-state index is 0.208. The lowest BCUT2D eigenvalue weighted by Crippen LogP contribution is -2.40. The molecule has 1 aromatic rings. The smallest absolute Gasteiger partial charge is 0.323 e. The molecule has 1 aromatic heterocycles. The number of aromatic nitrogens is 2. The van der Waals surface area contributed by atoms with Crippen molar-refractivity contribution in [2.45, 2.75) is 19.4 Å². The van der Waals surface area contributed by atoms with E-state index in [9.17, 15) is 10.0 Å². The summed E-state index contributed by atoms with van der Waals surface area (Å²) in [6, 6.07) is -0.930. The highest BCUT2D eigenvalue weighted by Gasteiger charge is 2.23. The van der Waals surface area contributed by atoms with Gasteiger partial charge in [-0.2, -0.15) is 5.06 Å². The van der Waals surface area contributed by atoms with Gasteiger partial charge in [0.2, 0.25) is 0 Å². The quantitative estimate of drug-likeness (QED) is 0.586. The van der Waals surface area contributed by atoms with E-state index >= 15 is 0 Å². The molecule has 0 saturated heterocycles. The van der Waals surface area contributed by atoms with Crippen LogP contribution in [0.2, 0.25) is 0 Å². The molecular formula is C8H13N3O3. The molecule has 14 heavy (non-hydrogen) atoms. The molecule has 0 spiro atoms. The SMILES string of the molecule is CCN(O)[C@@H](Cc1cnc[nH]1)C(=O)O. The number of nitrogens with zero attached hydrogens (tertiary/aromatic N) is 2. The third-order valence-corrected chi connectivity index (χ3v) is 1.94. The normalized spacial score (nSPS) is 13.1. The van der Waals surface area contributed by atoms with Crippen molar-refractivity contribution in [3.63, 3.8) is 0 Å². The van der Waals surface area contributed by atoms with Crippen molar-refractivity contribution in [3.05, 3.63) is 18.2 Å². The van der Waals surface area contributed by atoms with Gasteiger partial charge in [-0.3, -0.25) is 4.79 Å². The monoisotopic (exact) mass is 199 g/mol. The Morgan fingerprint density at radius 3 is 2.93 bits per heavy atom. The summed E-state index contributed by atoms with van der Waals surface area (Å²) in [5.41, 5.74) is 0.685. The van der Waals surface area contributed by atoms with E-state index in [0.717, 1.165) is 5.06 Å². The van der Waals surface area contributed by atoms with E-state index in [1.165, 1.54) is 6.33 Å². The average Bonchev–Trinajstić information content (AvgIpc) is 2.65. The summed E-state index contributed by atoms with van der Waals surface area (Å²) in [6.45, 7) is 1.95. The Morgan fingerprint density at radius 2 is 2.50 bits per heavy atom. The molecule has 1 rings (SSSR count). The predicted molar refractivity (Wildman–Crippen MR) is 47.9 cm³/mol. The van der Waals surface area contributed by atoms with E-state index in [1.54, 1.807) is 13.1 Å². The maximum atomic E-state index is 10.8. The first-order valence-corrected chi connectivity index (χ1v) is 4.30. The summed E-state index contributed by atoms with van der Waals surface area (Å²) in [5, 5.41) is 18.9. The van der Waals surface area contributed by atoms with Gasteiger partial charge in [0, 0.05) is 24.9 Å². The molecule has 1 heterocycles. The lowest BCUT2D eigenvalue weighted by molar-refractivity contribution is -0.168. The van der Waals surface area contributed by atoms with Crippen LogP contribution in [-0.4, -0.2) is 43.9 Å². The fourth-order valence-electron chi connectivity index (χ4n) is 1.15. The second kappa shape index (κ2) is 4.73. The van der Waals surface area contributed by atoms with Crippen LogP contribution >= 0.6 is 0 Å². The average molecular weight is 199 g/mol. The lowest BCUT2D eigenvalue weighted by atomic mass is 10.1. The zero-order chi connectivity index (χ0) is 10.6. The highest BCUT2D eigenvalue weighted by Crippen LogP contribution is 2.04. The maximum Gasteiger partial charge on any atom is 0.323 e. The number of aromatic amines is 1. The molecule has 0 unspecified atom stereocenters.